The van der Waals surface area contributed by atoms with Gasteiger partial charge in [-0.2, -0.15) is 0 Å². The van der Waals surface area contributed by atoms with E-state index in [0.717, 1.165) is 25.9 Å². The monoisotopic (exact) mass is 338 g/mol. The number of hydrogen-bond acceptors (Lipinski definition) is 3. The Morgan fingerprint density at radius 2 is 2.16 bits per heavy atom. The highest BCUT2D eigenvalue weighted by atomic mass is 79.9. The van der Waals surface area contributed by atoms with E-state index in [0.29, 0.717) is 5.92 Å². The van der Waals surface area contributed by atoms with E-state index in [2.05, 4.69) is 62.8 Å². The predicted molar refractivity (Wildman–Crippen MR) is 85.7 cm³/mol. The molecule has 0 bridgehead atoms. The van der Waals surface area contributed by atoms with E-state index in [1.165, 1.54) is 15.7 Å². The summed E-state index contributed by atoms with van der Waals surface area (Å²) < 4.78 is 1.20. The lowest BCUT2D eigenvalue weighted by Crippen LogP contribution is -2.25. The summed E-state index contributed by atoms with van der Waals surface area (Å²) >= 11 is 5.31. The van der Waals surface area contributed by atoms with Crippen LogP contribution < -0.4 is 5.32 Å². The molecule has 0 saturated carbocycles. The third-order valence-electron chi connectivity index (χ3n) is 3.13. The van der Waals surface area contributed by atoms with Crippen LogP contribution in [0, 0.1) is 5.92 Å². The summed E-state index contributed by atoms with van der Waals surface area (Å²) in [5.74, 6) is 0.584. The van der Waals surface area contributed by atoms with Gasteiger partial charge >= 0.3 is 0 Å². The maximum absolute atomic E-state index is 4.41. The van der Waals surface area contributed by atoms with E-state index < -0.39 is 0 Å². The summed E-state index contributed by atoms with van der Waals surface area (Å²) in [4.78, 5) is 4.41. The molecular formula is C15H19BrN2S. The Hall–Kier alpha value is -0.710. The molecule has 0 spiro atoms. The van der Waals surface area contributed by atoms with Crippen molar-refractivity contribution in [3.05, 3.63) is 50.9 Å². The zero-order valence-corrected chi connectivity index (χ0v) is 13.5. The van der Waals surface area contributed by atoms with Crippen molar-refractivity contribution in [2.45, 2.75) is 19.8 Å². The summed E-state index contributed by atoms with van der Waals surface area (Å²) in [6.45, 7) is 4.21. The lowest BCUT2D eigenvalue weighted by atomic mass is 9.95. The van der Waals surface area contributed by atoms with Gasteiger partial charge in [0.05, 0.1) is 11.2 Å². The van der Waals surface area contributed by atoms with Crippen LogP contribution >= 0.6 is 27.3 Å². The zero-order chi connectivity index (χ0) is 13.5. The Morgan fingerprint density at radius 1 is 1.32 bits per heavy atom. The quantitative estimate of drug-likeness (QED) is 0.827. The Morgan fingerprint density at radius 3 is 2.84 bits per heavy atom. The minimum absolute atomic E-state index is 0.584. The normalized spacial score (nSPS) is 12.5. The van der Waals surface area contributed by atoms with Gasteiger partial charge in [-0.3, -0.25) is 0 Å². The van der Waals surface area contributed by atoms with Crippen molar-refractivity contribution in [3.8, 4) is 0 Å². The fraction of sp³-hybridized carbons (Fsp3) is 0.400. The van der Waals surface area contributed by atoms with Crippen molar-refractivity contribution in [2.75, 3.05) is 13.1 Å². The number of nitrogens with zero attached hydrogens (tertiary/aromatic N) is 1. The largest absolute Gasteiger partial charge is 0.317 e. The lowest BCUT2D eigenvalue weighted by Gasteiger charge is -2.17. The smallest absolute Gasteiger partial charge is 0.0794 e. The molecular weight excluding hydrogens is 320 g/mol. The van der Waals surface area contributed by atoms with Gasteiger partial charge in [0.25, 0.3) is 0 Å². The molecule has 1 aromatic carbocycles. The molecule has 2 aromatic rings. The fourth-order valence-corrected chi connectivity index (χ4v) is 3.19. The van der Waals surface area contributed by atoms with Crippen LogP contribution in [-0.2, 0) is 12.8 Å². The number of rotatable bonds is 7. The first-order valence-corrected chi connectivity index (χ1v) is 8.34. The number of nitrogens with one attached hydrogen (secondary N) is 1. The fourth-order valence-electron chi connectivity index (χ4n) is 2.17. The van der Waals surface area contributed by atoms with E-state index in [1.807, 2.05) is 5.51 Å². The second-order valence-corrected chi connectivity index (χ2v) is 6.23. The third kappa shape index (κ3) is 4.71. The zero-order valence-electron chi connectivity index (χ0n) is 11.1. The molecule has 1 N–H and O–H groups in total. The highest BCUT2D eigenvalue weighted by Crippen LogP contribution is 2.21. The predicted octanol–water partition coefficient (Wildman–Crippen LogP) is 3.92. The van der Waals surface area contributed by atoms with Crippen LogP contribution in [-0.4, -0.2) is 18.1 Å². The summed E-state index contributed by atoms with van der Waals surface area (Å²) in [5, 5.41) is 5.61. The van der Waals surface area contributed by atoms with E-state index in [9.17, 15) is 0 Å². The van der Waals surface area contributed by atoms with Crippen molar-refractivity contribution in [1.29, 1.82) is 0 Å². The molecule has 0 fully saturated rings. The van der Waals surface area contributed by atoms with Gasteiger partial charge in [0.15, 0.2) is 0 Å². The molecule has 0 amide bonds. The summed E-state index contributed by atoms with van der Waals surface area (Å²) in [7, 11) is 0. The van der Waals surface area contributed by atoms with Crippen LogP contribution in [0.2, 0.25) is 0 Å². The van der Waals surface area contributed by atoms with Gasteiger partial charge in [0, 0.05) is 9.85 Å². The van der Waals surface area contributed by atoms with Crippen LogP contribution in [0.4, 0.5) is 0 Å². The van der Waals surface area contributed by atoms with E-state index in [-0.39, 0.29) is 0 Å². The first kappa shape index (κ1) is 14.7. The maximum atomic E-state index is 4.41. The Balaban J connectivity index is 2.03. The highest BCUT2D eigenvalue weighted by molar-refractivity contribution is 9.10. The van der Waals surface area contributed by atoms with Gasteiger partial charge < -0.3 is 5.32 Å². The van der Waals surface area contributed by atoms with Crippen molar-refractivity contribution < 1.29 is 0 Å². The number of thiazole rings is 1. The summed E-state index contributed by atoms with van der Waals surface area (Å²) in [5.41, 5.74) is 4.50. The molecule has 1 heterocycles. The standard InChI is InChI=1S/C15H19BrN2S/c1-2-17-9-12(8-14-10-19-11-18-14)7-13-5-3-4-6-15(13)16/h3-6,10-12,17H,2,7-9H2,1H3. The lowest BCUT2D eigenvalue weighted by molar-refractivity contribution is 0.474. The van der Waals surface area contributed by atoms with Crippen molar-refractivity contribution in [3.63, 3.8) is 0 Å². The van der Waals surface area contributed by atoms with Crippen molar-refractivity contribution in [2.24, 2.45) is 5.92 Å². The maximum Gasteiger partial charge on any atom is 0.0794 e. The Bertz CT molecular complexity index is 485. The van der Waals surface area contributed by atoms with Crippen LogP contribution in [0.15, 0.2) is 39.6 Å². The number of benzene rings is 1. The van der Waals surface area contributed by atoms with Crippen LogP contribution in [0.3, 0.4) is 0 Å². The molecule has 19 heavy (non-hydrogen) atoms. The molecule has 4 heteroatoms. The molecule has 102 valence electrons. The van der Waals surface area contributed by atoms with E-state index in [1.54, 1.807) is 11.3 Å². The van der Waals surface area contributed by atoms with Gasteiger partial charge in [0.1, 0.15) is 0 Å². The molecule has 0 saturated heterocycles. The molecule has 1 aromatic heterocycles. The molecule has 2 nitrogen and oxygen atoms in total. The highest BCUT2D eigenvalue weighted by Gasteiger charge is 2.13. The van der Waals surface area contributed by atoms with Gasteiger partial charge in [0.2, 0.25) is 0 Å². The minimum Gasteiger partial charge on any atom is -0.317 e. The molecule has 1 atom stereocenters. The van der Waals surface area contributed by atoms with Gasteiger partial charge in [-0.15, -0.1) is 11.3 Å². The van der Waals surface area contributed by atoms with Gasteiger partial charge in [-0.25, -0.2) is 4.98 Å². The number of hydrogen-bond donors (Lipinski definition) is 1. The summed E-state index contributed by atoms with van der Waals surface area (Å²) in [6.07, 6.45) is 2.11. The molecule has 2 rings (SSSR count). The van der Waals surface area contributed by atoms with Crippen LogP contribution in [0.25, 0.3) is 0 Å². The Kier molecular flexibility index (Phi) is 6.01. The van der Waals surface area contributed by atoms with Crippen LogP contribution in [0.5, 0.6) is 0 Å². The second kappa shape index (κ2) is 7.78. The molecule has 0 aliphatic heterocycles. The average molecular weight is 339 g/mol. The van der Waals surface area contributed by atoms with Crippen LogP contribution in [0.1, 0.15) is 18.2 Å². The summed E-state index contributed by atoms with van der Waals surface area (Å²) in [6, 6.07) is 8.48. The molecule has 0 aliphatic carbocycles. The van der Waals surface area contributed by atoms with Gasteiger partial charge in [-0.1, -0.05) is 41.1 Å². The number of aromatic nitrogens is 1. The average Bonchev–Trinajstić information content (AvgIpc) is 2.91. The van der Waals surface area contributed by atoms with Crippen molar-refractivity contribution in [1.82, 2.24) is 10.3 Å². The minimum atomic E-state index is 0.584. The van der Waals surface area contributed by atoms with Gasteiger partial charge in [-0.05, 0) is 43.5 Å². The molecule has 1 unspecified atom stereocenters. The first-order valence-electron chi connectivity index (χ1n) is 6.60. The first-order chi connectivity index (χ1) is 9.29. The second-order valence-electron chi connectivity index (χ2n) is 4.65. The van der Waals surface area contributed by atoms with E-state index in [4.69, 9.17) is 0 Å². The molecule has 0 aliphatic rings. The Labute approximate surface area is 127 Å². The molecule has 0 radical (unpaired) electrons. The number of halogens is 1. The van der Waals surface area contributed by atoms with Crippen molar-refractivity contribution >= 4 is 27.3 Å². The topological polar surface area (TPSA) is 24.9 Å². The SMILES string of the molecule is CCNCC(Cc1cscn1)Cc1ccccc1Br. The third-order valence-corrected chi connectivity index (χ3v) is 4.54. The van der Waals surface area contributed by atoms with E-state index >= 15 is 0 Å².